The quantitative estimate of drug-likeness (QED) is 0.871. The molecule has 0 aliphatic heterocycles. The zero-order chi connectivity index (χ0) is 16.9. The fraction of sp³-hybridized carbons (Fsp3) is 0.556. The van der Waals surface area contributed by atoms with Crippen LogP contribution in [0.5, 0.6) is 0 Å². The molecule has 2 rings (SSSR count). The SMILES string of the molecule is CC1CC(C)CC(CNC(=O)OCc2ccccc2)(C(=O)O)C1. The smallest absolute Gasteiger partial charge is 0.407 e. The normalized spacial score (nSPS) is 27.2. The van der Waals surface area contributed by atoms with E-state index in [2.05, 4.69) is 19.2 Å². The molecule has 2 unspecified atom stereocenters. The number of hydrogen-bond acceptors (Lipinski definition) is 3. The molecule has 0 saturated heterocycles. The lowest BCUT2D eigenvalue weighted by Gasteiger charge is -2.39. The number of benzene rings is 1. The van der Waals surface area contributed by atoms with Gasteiger partial charge < -0.3 is 15.2 Å². The molecule has 0 radical (unpaired) electrons. The minimum atomic E-state index is -0.886. The van der Waals surface area contributed by atoms with Crippen LogP contribution in [0, 0.1) is 17.3 Å². The van der Waals surface area contributed by atoms with Gasteiger partial charge in [-0.15, -0.1) is 0 Å². The largest absolute Gasteiger partial charge is 0.481 e. The highest BCUT2D eigenvalue weighted by atomic mass is 16.5. The maximum atomic E-state index is 11.9. The molecule has 126 valence electrons. The topological polar surface area (TPSA) is 75.6 Å². The van der Waals surface area contributed by atoms with Crippen molar-refractivity contribution in [2.24, 2.45) is 17.3 Å². The summed E-state index contributed by atoms with van der Waals surface area (Å²) in [5.41, 5.74) is 0.0126. The van der Waals surface area contributed by atoms with Crippen LogP contribution in [0.25, 0.3) is 0 Å². The van der Waals surface area contributed by atoms with E-state index in [4.69, 9.17) is 4.74 Å². The first-order chi connectivity index (χ1) is 10.9. The van der Waals surface area contributed by atoms with Crippen molar-refractivity contribution < 1.29 is 19.4 Å². The van der Waals surface area contributed by atoms with Gasteiger partial charge in [-0.25, -0.2) is 4.79 Å². The van der Waals surface area contributed by atoms with Crippen LogP contribution in [0.1, 0.15) is 38.7 Å². The Hall–Kier alpha value is -2.04. The van der Waals surface area contributed by atoms with E-state index in [1.165, 1.54) is 0 Å². The second kappa shape index (κ2) is 7.49. The zero-order valence-corrected chi connectivity index (χ0v) is 13.7. The first-order valence-electron chi connectivity index (χ1n) is 8.09. The van der Waals surface area contributed by atoms with Gasteiger partial charge in [-0.1, -0.05) is 44.2 Å². The maximum absolute atomic E-state index is 11.9. The van der Waals surface area contributed by atoms with E-state index < -0.39 is 17.5 Å². The number of carbonyl (C=O) groups excluding carboxylic acids is 1. The van der Waals surface area contributed by atoms with E-state index in [-0.39, 0.29) is 13.2 Å². The van der Waals surface area contributed by atoms with Crippen LogP contribution in [0.2, 0.25) is 0 Å². The highest BCUT2D eigenvalue weighted by Gasteiger charge is 2.44. The molecule has 1 fully saturated rings. The van der Waals surface area contributed by atoms with Crippen molar-refractivity contribution in [1.29, 1.82) is 0 Å². The van der Waals surface area contributed by atoms with E-state index in [1.807, 2.05) is 30.3 Å². The van der Waals surface area contributed by atoms with Crippen molar-refractivity contribution in [2.45, 2.75) is 39.7 Å². The molecule has 2 atom stereocenters. The van der Waals surface area contributed by atoms with Crippen LogP contribution in [0.4, 0.5) is 4.79 Å². The Balaban J connectivity index is 1.88. The number of carbonyl (C=O) groups is 2. The Morgan fingerprint density at radius 3 is 2.39 bits per heavy atom. The van der Waals surface area contributed by atoms with E-state index in [1.54, 1.807) is 0 Å². The number of alkyl carbamates (subject to hydrolysis) is 1. The predicted molar refractivity (Wildman–Crippen MR) is 86.9 cm³/mol. The lowest BCUT2D eigenvalue weighted by atomic mass is 9.66. The monoisotopic (exact) mass is 319 g/mol. The predicted octanol–water partition coefficient (Wildman–Crippen LogP) is 3.44. The number of amides is 1. The highest BCUT2D eigenvalue weighted by Crippen LogP contribution is 2.42. The standard InChI is InChI=1S/C18H25NO4/c1-13-8-14(2)10-18(9-13,16(20)21)12-19-17(22)23-11-15-6-4-3-5-7-15/h3-7,13-14H,8-12H2,1-2H3,(H,19,22)(H,20,21). The molecule has 0 spiro atoms. The Morgan fingerprint density at radius 1 is 1.22 bits per heavy atom. The summed E-state index contributed by atoms with van der Waals surface area (Å²) in [6, 6.07) is 9.39. The van der Waals surface area contributed by atoms with Crippen LogP contribution in [-0.4, -0.2) is 23.7 Å². The van der Waals surface area contributed by atoms with E-state index in [0.29, 0.717) is 24.7 Å². The number of hydrogen-bond donors (Lipinski definition) is 2. The number of nitrogens with one attached hydrogen (secondary N) is 1. The minimum Gasteiger partial charge on any atom is -0.481 e. The second-order valence-electron chi connectivity index (χ2n) is 6.86. The van der Waals surface area contributed by atoms with Gasteiger partial charge in [0, 0.05) is 6.54 Å². The fourth-order valence-electron chi connectivity index (χ4n) is 3.68. The molecule has 23 heavy (non-hydrogen) atoms. The first kappa shape index (κ1) is 17.3. The zero-order valence-electron chi connectivity index (χ0n) is 13.7. The Labute approximate surface area is 137 Å². The van der Waals surface area contributed by atoms with Crippen LogP contribution in [0.15, 0.2) is 30.3 Å². The molecule has 5 heteroatoms. The highest BCUT2D eigenvalue weighted by molar-refractivity contribution is 5.76. The van der Waals surface area contributed by atoms with Crippen molar-refractivity contribution in [3.63, 3.8) is 0 Å². The maximum Gasteiger partial charge on any atom is 0.407 e. The van der Waals surface area contributed by atoms with Gasteiger partial charge >= 0.3 is 12.1 Å². The molecular formula is C18H25NO4. The third-order valence-electron chi connectivity index (χ3n) is 4.52. The van der Waals surface area contributed by atoms with E-state index in [9.17, 15) is 14.7 Å². The summed E-state index contributed by atoms with van der Waals surface area (Å²) in [5.74, 6) is -0.145. The van der Waals surface area contributed by atoms with Gasteiger partial charge in [0.25, 0.3) is 0 Å². The molecule has 1 saturated carbocycles. The summed E-state index contributed by atoms with van der Waals surface area (Å²) >= 11 is 0. The molecule has 5 nitrogen and oxygen atoms in total. The van der Waals surface area contributed by atoms with Crippen LogP contribution in [0.3, 0.4) is 0 Å². The van der Waals surface area contributed by atoms with Gasteiger partial charge in [0.05, 0.1) is 5.41 Å². The molecule has 0 bridgehead atoms. The molecule has 1 aromatic carbocycles. The van der Waals surface area contributed by atoms with Gasteiger partial charge in [0.15, 0.2) is 0 Å². The van der Waals surface area contributed by atoms with Gasteiger partial charge in [-0.3, -0.25) is 4.79 Å². The average molecular weight is 319 g/mol. The third-order valence-corrected chi connectivity index (χ3v) is 4.52. The number of carboxylic acids is 1. The number of carboxylic acid groups (broad SMARTS) is 1. The summed E-state index contributed by atoms with van der Waals surface area (Å²) in [6.07, 6.45) is 1.64. The van der Waals surface area contributed by atoms with Crippen molar-refractivity contribution in [3.8, 4) is 0 Å². The molecule has 1 aliphatic rings. The molecular weight excluding hydrogens is 294 g/mol. The minimum absolute atomic E-state index is 0.116. The van der Waals surface area contributed by atoms with Crippen LogP contribution < -0.4 is 5.32 Å². The molecule has 1 aromatic rings. The molecule has 1 amide bonds. The van der Waals surface area contributed by atoms with Crippen molar-refractivity contribution in [3.05, 3.63) is 35.9 Å². The molecule has 2 N–H and O–H groups in total. The Morgan fingerprint density at radius 2 is 1.83 bits per heavy atom. The molecule has 0 heterocycles. The van der Waals surface area contributed by atoms with Gasteiger partial charge in [0.2, 0.25) is 0 Å². The van der Waals surface area contributed by atoms with Gasteiger partial charge in [-0.2, -0.15) is 0 Å². The molecule has 0 aromatic heterocycles. The van der Waals surface area contributed by atoms with Crippen molar-refractivity contribution in [2.75, 3.05) is 6.54 Å². The second-order valence-corrected chi connectivity index (χ2v) is 6.86. The van der Waals surface area contributed by atoms with Gasteiger partial charge in [-0.05, 0) is 36.7 Å². The summed E-state index contributed by atoms with van der Waals surface area (Å²) in [7, 11) is 0. The van der Waals surface area contributed by atoms with Crippen LogP contribution in [-0.2, 0) is 16.1 Å². The van der Waals surface area contributed by atoms with Crippen molar-refractivity contribution in [1.82, 2.24) is 5.32 Å². The van der Waals surface area contributed by atoms with Crippen molar-refractivity contribution >= 4 is 12.1 Å². The average Bonchev–Trinajstić information content (AvgIpc) is 2.51. The summed E-state index contributed by atoms with van der Waals surface area (Å²) in [4.78, 5) is 23.6. The van der Waals surface area contributed by atoms with E-state index in [0.717, 1.165) is 12.0 Å². The lowest BCUT2D eigenvalue weighted by Crippen LogP contribution is -2.47. The summed E-state index contributed by atoms with van der Waals surface area (Å²) in [6.45, 7) is 4.44. The summed E-state index contributed by atoms with van der Waals surface area (Å²) < 4.78 is 5.15. The van der Waals surface area contributed by atoms with E-state index >= 15 is 0 Å². The number of aliphatic carboxylic acids is 1. The summed E-state index contributed by atoms with van der Waals surface area (Å²) in [5, 5.41) is 12.3. The Bertz CT molecular complexity index is 533. The first-order valence-corrected chi connectivity index (χ1v) is 8.09. The molecule has 1 aliphatic carbocycles. The van der Waals surface area contributed by atoms with Crippen LogP contribution >= 0.6 is 0 Å². The Kier molecular flexibility index (Phi) is 5.64. The number of rotatable bonds is 5. The third kappa shape index (κ3) is 4.71. The number of ether oxygens (including phenoxy) is 1. The fourth-order valence-corrected chi connectivity index (χ4v) is 3.68. The van der Waals surface area contributed by atoms with Gasteiger partial charge in [0.1, 0.15) is 6.61 Å². The lowest BCUT2D eigenvalue weighted by molar-refractivity contribution is -0.152.